The van der Waals surface area contributed by atoms with E-state index < -0.39 is 6.04 Å². The summed E-state index contributed by atoms with van der Waals surface area (Å²) in [6.07, 6.45) is 0. The molecule has 1 aliphatic rings. The maximum absolute atomic E-state index is 13.2. The van der Waals surface area contributed by atoms with Crippen LogP contribution in [0.1, 0.15) is 22.1 Å². The molecule has 1 fully saturated rings. The third-order valence-corrected chi connectivity index (χ3v) is 6.23. The van der Waals surface area contributed by atoms with Crippen molar-refractivity contribution in [1.82, 2.24) is 14.8 Å². The number of benzene rings is 2. The van der Waals surface area contributed by atoms with Crippen LogP contribution in [-0.4, -0.2) is 46.9 Å². The topological polar surface area (TPSA) is 60.2 Å². The summed E-state index contributed by atoms with van der Waals surface area (Å²) < 4.78 is 13.2. The first kappa shape index (κ1) is 20.5. The van der Waals surface area contributed by atoms with E-state index in [0.717, 1.165) is 16.1 Å². The molecule has 2 heterocycles. The van der Waals surface area contributed by atoms with Crippen LogP contribution < -0.4 is 0 Å². The van der Waals surface area contributed by atoms with E-state index in [4.69, 9.17) is 11.6 Å². The molecule has 0 spiro atoms. The van der Waals surface area contributed by atoms with Crippen molar-refractivity contribution in [2.75, 3.05) is 26.2 Å². The summed E-state index contributed by atoms with van der Waals surface area (Å²) in [6, 6.07) is 15.2. The molecule has 5 nitrogen and oxygen atoms in total. The minimum absolute atomic E-state index is 0.110. The highest BCUT2D eigenvalue weighted by atomic mass is 35.5. The van der Waals surface area contributed by atoms with Gasteiger partial charge in [0.15, 0.2) is 0 Å². The van der Waals surface area contributed by atoms with Crippen molar-refractivity contribution >= 4 is 28.8 Å². The van der Waals surface area contributed by atoms with Gasteiger partial charge in [0.25, 0.3) is 5.91 Å². The van der Waals surface area contributed by atoms with Gasteiger partial charge < -0.3 is 4.90 Å². The van der Waals surface area contributed by atoms with Gasteiger partial charge in [-0.05, 0) is 29.8 Å². The lowest BCUT2D eigenvalue weighted by atomic mass is 10.1. The molecule has 1 saturated heterocycles. The average molecular weight is 441 g/mol. The number of aromatic nitrogens is 1. The van der Waals surface area contributed by atoms with Crippen molar-refractivity contribution in [2.24, 2.45) is 0 Å². The second-order valence-electron chi connectivity index (χ2n) is 6.96. The number of amides is 1. The molecule has 0 radical (unpaired) electrons. The average Bonchev–Trinajstić information content (AvgIpc) is 3.26. The molecular formula is C22H18ClFN4OS. The molecule has 0 saturated carbocycles. The summed E-state index contributed by atoms with van der Waals surface area (Å²) >= 11 is 7.35. The second-order valence-corrected chi connectivity index (χ2v) is 8.25. The maximum atomic E-state index is 13.2. The highest BCUT2D eigenvalue weighted by Crippen LogP contribution is 2.26. The summed E-state index contributed by atoms with van der Waals surface area (Å²) in [5.41, 5.74) is 2.10. The monoisotopic (exact) mass is 440 g/mol. The molecule has 3 aromatic rings. The Balaban J connectivity index is 1.40. The predicted octanol–water partition coefficient (Wildman–Crippen LogP) is 4.63. The van der Waals surface area contributed by atoms with Crippen LogP contribution in [0.5, 0.6) is 0 Å². The first-order valence-corrected chi connectivity index (χ1v) is 10.7. The molecule has 4 rings (SSSR count). The fourth-order valence-electron chi connectivity index (χ4n) is 3.45. The number of nitriles is 1. The fourth-order valence-corrected chi connectivity index (χ4v) is 4.38. The molecule has 1 atom stereocenters. The zero-order chi connectivity index (χ0) is 21.1. The van der Waals surface area contributed by atoms with E-state index in [2.05, 4.69) is 11.1 Å². The van der Waals surface area contributed by atoms with Gasteiger partial charge in [-0.1, -0.05) is 35.9 Å². The molecule has 2 aromatic carbocycles. The molecule has 1 aromatic heterocycles. The highest BCUT2D eigenvalue weighted by molar-refractivity contribution is 7.13. The Hall–Kier alpha value is -2.79. The number of nitrogens with zero attached hydrogens (tertiary/aromatic N) is 4. The van der Waals surface area contributed by atoms with E-state index in [9.17, 15) is 14.4 Å². The summed E-state index contributed by atoms with van der Waals surface area (Å²) in [5, 5.41) is 12.8. The van der Waals surface area contributed by atoms with Crippen LogP contribution in [0.2, 0.25) is 5.02 Å². The van der Waals surface area contributed by atoms with E-state index in [1.807, 2.05) is 17.0 Å². The number of rotatable bonds is 4. The van der Waals surface area contributed by atoms with Crippen molar-refractivity contribution in [3.05, 3.63) is 76.0 Å². The predicted molar refractivity (Wildman–Crippen MR) is 115 cm³/mol. The molecule has 0 bridgehead atoms. The van der Waals surface area contributed by atoms with Crippen LogP contribution in [0.15, 0.2) is 53.9 Å². The van der Waals surface area contributed by atoms with Gasteiger partial charge in [-0.2, -0.15) is 5.26 Å². The number of hydrogen-bond donors (Lipinski definition) is 0. The Kier molecular flexibility index (Phi) is 6.09. The van der Waals surface area contributed by atoms with E-state index >= 15 is 0 Å². The number of piperazine rings is 1. The fraction of sp³-hybridized carbons (Fsp3) is 0.227. The summed E-state index contributed by atoms with van der Waals surface area (Å²) in [6.45, 7) is 2.14. The number of hydrogen-bond acceptors (Lipinski definition) is 5. The van der Waals surface area contributed by atoms with Gasteiger partial charge in [-0.3, -0.25) is 9.69 Å². The number of carbonyl (C=O) groups is 1. The third kappa shape index (κ3) is 4.36. The molecule has 152 valence electrons. The Morgan fingerprint density at radius 1 is 1.10 bits per heavy atom. The van der Waals surface area contributed by atoms with Gasteiger partial charge in [0.1, 0.15) is 22.6 Å². The van der Waals surface area contributed by atoms with Crippen LogP contribution in [-0.2, 0) is 0 Å². The minimum Gasteiger partial charge on any atom is -0.335 e. The van der Waals surface area contributed by atoms with Crippen LogP contribution >= 0.6 is 22.9 Å². The Labute approximate surface area is 182 Å². The van der Waals surface area contributed by atoms with E-state index in [1.165, 1.54) is 23.5 Å². The number of thiazole rings is 1. The number of carbonyl (C=O) groups excluding carboxylic acids is 1. The lowest BCUT2D eigenvalue weighted by Gasteiger charge is -2.36. The molecular weight excluding hydrogens is 423 g/mol. The van der Waals surface area contributed by atoms with Crippen LogP contribution in [0.3, 0.4) is 0 Å². The normalized spacial score (nSPS) is 15.6. The zero-order valence-corrected chi connectivity index (χ0v) is 17.5. The standard InChI is InChI=1S/C22H18ClFN4OS/c23-17-5-1-16(2-6-17)21-26-19(14-30-21)22(29)28-11-9-27(10-12-28)20(13-25)15-3-7-18(24)8-4-15/h1-8,14,20H,9-12H2/t20-/m0/s1. The van der Waals surface area contributed by atoms with Crippen molar-refractivity contribution in [3.8, 4) is 16.6 Å². The van der Waals surface area contributed by atoms with Crippen molar-refractivity contribution < 1.29 is 9.18 Å². The van der Waals surface area contributed by atoms with Crippen molar-refractivity contribution in [1.29, 1.82) is 5.26 Å². The zero-order valence-electron chi connectivity index (χ0n) is 16.0. The number of halogens is 2. The summed E-state index contributed by atoms with van der Waals surface area (Å²) in [7, 11) is 0. The largest absolute Gasteiger partial charge is 0.335 e. The summed E-state index contributed by atoms with van der Waals surface area (Å²) in [4.78, 5) is 21.1. The SMILES string of the molecule is N#C[C@@H](c1ccc(F)cc1)N1CCN(C(=O)c2csc(-c3ccc(Cl)cc3)n2)CC1. The molecule has 30 heavy (non-hydrogen) atoms. The first-order valence-electron chi connectivity index (χ1n) is 9.45. The van der Waals surface area contributed by atoms with Crippen LogP contribution in [0, 0.1) is 17.1 Å². The summed E-state index contributed by atoms with van der Waals surface area (Å²) in [5.74, 6) is -0.437. The van der Waals surface area contributed by atoms with E-state index in [-0.39, 0.29) is 11.7 Å². The van der Waals surface area contributed by atoms with Gasteiger partial charge in [0.2, 0.25) is 0 Å². The lowest BCUT2D eigenvalue weighted by molar-refractivity contribution is 0.0601. The van der Waals surface area contributed by atoms with E-state index in [1.54, 1.807) is 34.5 Å². The maximum Gasteiger partial charge on any atom is 0.273 e. The van der Waals surface area contributed by atoms with Crippen LogP contribution in [0.25, 0.3) is 10.6 Å². The van der Waals surface area contributed by atoms with Gasteiger partial charge in [0.05, 0.1) is 6.07 Å². The third-order valence-electron chi connectivity index (χ3n) is 5.09. The molecule has 0 unspecified atom stereocenters. The first-order chi connectivity index (χ1) is 14.5. The molecule has 0 aliphatic carbocycles. The second kappa shape index (κ2) is 8.92. The smallest absolute Gasteiger partial charge is 0.273 e. The van der Waals surface area contributed by atoms with Gasteiger partial charge >= 0.3 is 0 Å². The highest BCUT2D eigenvalue weighted by Gasteiger charge is 2.28. The van der Waals surface area contributed by atoms with Gasteiger partial charge in [-0.15, -0.1) is 11.3 Å². The van der Waals surface area contributed by atoms with Gasteiger partial charge in [-0.25, -0.2) is 9.37 Å². The Bertz CT molecular complexity index is 1070. The lowest BCUT2D eigenvalue weighted by Crippen LogP contribution is -2.49. The molecule has 1 aliphatic heterocycles. The van der Waals surface area contributed by atoms with Gasteiger partial charge in [0, 0.05) is 42.1 Å². The molecule has 1 amide bonds. The quantitative estimate of drug-likeness (QED) is 0.593. The molecule has 8 heteroatoms. The van der Waals surface area contributed by atoms with Crippen LogP contribution in [0.4, 0.5) is 4.39 Å². The van der Waals surface area contributed by atoms with E-state index in [0.29, 0.717) is 36.9 Å². The molecule has 0 N–H and O–H groups in total. The van der Waals surface area contributed by atoms with Crippen molar-refractivity contribution in [3.63, 3.8) is 0 Å². The Morgan fingerprint density at radius 3 is 2.40 bits per heavy atom. The van der Waals surface area contributed by atoms with Crippen molar-refractivity contribution in [2.45, 2.75) is 6.04 Å². The Morgan fingerprint density at radius 2 is 1.77 bits per heavy atom. The minimum atomic E-state index is -0.460.